The first-order valence-electron chi connectivity index (χ1n) is 4.00. The van der Waals surface area contributed by atoms with Crippen LogP contribution in [0.2, 0.25) is 0 Å². The van der Waals surface area contributed by atoms with Crippen LogP contribution < -0.4 is 5.32 Å². The molecule has 1 N–H and O–H groups in total. The van der Waals surface area contributed by atoms with Gasteiger partial charge in [-0.25, -0.2) is 0 Å². The molecule has 2 unspecified atom stereocenters. The third kappa shape index (κ3) is 1.91. The lowest BCUT2D eigenvalue weighted by Crippen LogP contribution is -2.45. The molecule has 0 aliphatic carbocycles. The van der Waals surface area contributed by atoms with Crippen LogP contribution in [-0.2, 0) is 9.53 Å². The summed E-state index contributed by atoms with van der Waals surface area (Å²) < 4.78 is 4.63. The number of hydrogen-bond donors (Lipinski definition) is 1. The number of carbonyl (C=O) groups excluding carboxylic acids is 1. The van der Waals surface area contributed by atoms with Crippen molar-refractivity contribution in [1.82, 2.24) is 5.32 Å². The molecule has 0 bridgehead atoms. The SMILES string of the molecule is COC(=O)C1(C)CC(N=[N+]=[N-])CN1. The summed E-state index contributed by atoms with van der Waals surface area (Å²) in [6.07, 6.45) is 0.490. The topological polar surface area (TPSA) is 87.1 Å². The lowest BCUT2D eigenvalue weighted by atomic mass is 9.99. The molecule has 0 aromatic heterocycles. The van der Waals surface area contributed by atoms with Crippen molar-refractivity contribution < 1.29 is 9.53 Å². The minimum atomic E-state index is -0.701. The zero-order chi connectivity index (χ0) is 9.90. The van der Waals surface area contributed by atoms with Crippen molar-refractivity contribution in [3.63, 3.8) is 0 Å². The molecule has 0 radical (unpaired) electrons. The van der Waals surface area contributed by atoms with Gasteiger partial charge in [-0.1, -0.05) is 5.11 Å². The Morgan fingerprint density at radius 1 is 1.85 bits per heavy atom. The number of nitrogens with zero attached hydrogens (tertiary/aromatic N) is 3. The summed E-state index contributed by atoms with van der Waals surface area (Å²) in [4.78, 5) is 14.0. The summed E-state index contributed by atoms with van der Waals surface area (Å²) in [6.45, 7) is 2.27. The molecular weight excluding hydrogens is 172 g/mol. The quantitative estimate of drug-likeness (QED) is 0.295. The van der Waals surface area contributed by atoms with Crippen molar-refractivity contribution in [3.05, 3.63) is 10.4 Å². The van der Waals surface area contributed by atoms with Crippen molar-refractivity contribution in [2.24, 2.45) is 5.11 Å². The lowest BCUT2D eigenvalue weighted by molar-refractivity contribution is -0.147. The molecule has 0 amide bonds. The molecule has 2 atom stereocenters. The monoisotopic (exact) mass is 184 g/mol. The highest BCUT2D eigenvalue weighted by molar-refractivity contribution is 5.80. The Hall–Kier alpha value is -1.26. The van der Waals surface area contributed by atoms with Gasteiger partial charge in [0.05, 0.1) is 13.2 Å². The fourth-order valence-electron chi connectivity index (χ4n) is 1.49. The molecule has 0 aromatic rings. The molecule has 1 fully saturated rings. The smallest absolute Gasteiger partial charge is 0.325 e. The third-order valence-electron chi connectivity index (χ3n) is 2.22. The van der Waals surface area contributed by atoms with Crippen LogP contribution in [-0.4, -0.2) is 31.2 Å². The van der Waals surface area contributed by atoms with Gasteiger partial charge in [0.1, 0.15) is 5.54 Å². The molecule has 0 aromatic carbocycles. The van der Waals surface area contributed by atoms with Gasteiger partial charge in [-0.3, -0.25) is 4.79 Å². The predicted molar refractivity (Wildman–Crippen MR) is 46.0 cm³/mol. The highest BCUT2D eigenvalue weighted by atomic mass is 16.5. The van der Waals surface area contributed by atoms with Crippen LogP contribution in [0.5, 0.6) is 0 Å². The lowest BCUT2D eigenvalue weighted by Gasteiger charge is -2.20. The van der Waals surface area contributed by atoms with E-state index in [0.717, 1.165) is 0 Å². The van der Waals surface area contributed by atoms with Crippen LogP contribution in [0, 0.1) is 0 Å². The summed E-state index contributed by atoms with van der Waals surface area (Å²) in [5.74, 6) is -0.317. The molecule has 1 heterocycles. The fourth-order valence-corrected chi connectivity index (χ4v) is 1.49. The molecule has 13 heavy (non-hydrogen) atoms. The second-order valence-electron chi connectivity index (χ2n) is 3.27. The summed E-state index contributed by atoms with van der Waals surface area (Å²) in [7, 11) is 1.34. The van der Waals surface area contributed by atoms with Gasteiger partial charge in [0.25, 0.3) is 0 Å². The van der Waals surface area contributed by atoms with E-state index >= 15 is 0 Å². The average Bonchev–Trinajstić information content (AvgIpc) is 2.48. The number of azide groups is 1. The first-order valence-corrected chi connectivity index (χ1v) is 4.00. The number of nitrogens with one attached hydrogen (secondary N) is 1. The first kappa shape index (κ1) is 9.83. The van der Waals surface area contributed by atoms with Crippen molar-refractivity contribution in [3.8, 4) is 0 Å². The Balaban J connectivity index is 2.66. The average molecular weight is 184 g/mol. The highest BCUT2D eigenvalue weighted by Gasteiger charge is 2.41. The van der Waals surface area contributed by atoms with Crippen LogP contribution in [0.1, 0.15) is 13.3 Å². The Kier molecular flexibility index (Phi) is 2.75. The molecule has 6 nitrogen and oxygen atoms in total. The van der Waals surface area contributed by atoms with E-state index in [4.69, 9.17) is 5.53 Å². The van der Waals surface area contributed by atoms with Gasteiger partial charge >= 0.3 is 5.97 Å². The molecular formula is C7H12N4O2. The second kappa shape index (κ2) is 3.64. The number of carbonyl (C=O) groups is 1. The summed E-state index contributed by atoms with van der Waals surface area (Å²) in [6, 6.07) is -0.158. The number of ether oxygens (including phenoxy) is 1. The van der Waals surface area contributed by atoms with E-state index in [-0.39, 0.29) is 12.0 Å². The zero-order valence-corrected chi connectivity index (χ0v) is 7.65. The standard InChI is InChI=1S/C7H12N4O2/c1-7(6(12)13-2)3-5(4-9-7)10-11-8/h5,9H,3-4H2,1-2H3. The van der Waals surface area contributed by atoms with E-state index in [9.17, 15) is 4.79 Å². The molecule has 0 spiro atoms. The Morgan fingerprint density at radius 3 is 3.08 bits per heavy atom. The number of methoxy groups -OCH3 is 1. The second-order valence-corrected chi connectivity index (χ2v) is 3.27. The minimum Gasteiger partial charge on any atom is -0.468 e. The van der Waals surface area contributed by atoms with Crippen molar-refractivity contribution in [1.29, 1.82) is 0 Å². The summed E-state index contributed by atoms with van der Waals surface area (Å²) in [5, 5.41) is 6.53. The van der Waals surface area contributed by atoms with Crippen LogP contribution >= 0.6 is 0 Å². The Morgan fingerprint density at radius 2 is 2.54 bits per heavy atom. The number of esters is 1. The van der Waals surface area contributed by atoms with E-state index in [1.54, 1.807) is 6.92 Å². The van der Waals surface area contributed by atoms with Crippen LogP contribution in [0.25, 0.3) is 10.4 Å². The zero-order valence-electron chi connectivity index (χ0n) is 7.65. The maximum absolute atomic E-state index is 11.3. The largest absolute Gasteiger partial charge is 0.468 e. The third-order valence-corrected chi connectivity index (χ3v) is 2.22. The van der Waals surface area contributed by atoms with E-state index in [0.29, 0.717) is 13.0 Å². The first-order chi connectivity index (χ1) is 6.12. The van der Waals surface area contributed by atoms with Crippen LogP contribution in [0.4, 0.5) is 0 Å². The van der Waals surface area contributed by atoms with Crippen LogP contribution in [0.3, 0.4) is 0 Å². The maximum Gasteiger partial charge on any atom is 0.325 e. The Bertz CT molecular complexity index is 261. The number of rotatable bonds is 2. The molecule has 1 aliphatic heterocycles. The molecule has 72 valence electrons. The molecule has 1 aliphatic rings. The Labute approximate surface area is 75.9 Å². The minimum absolute atomic E-state index is 0.158. The van der Waals surface area contributed by atoms with E-state index in [1.807, 2.05) is 0 Å². The van der Waals surface area contributed by atoms with E-state index in [1.165, 1.54) is 7.11 Å². The van der Waals surface area contributed by atoms with E-state index in [2.05, 4.69) is 20.1 Å². The molecule has 1 rings (SSSR count). The van der Waals surface area contributed by atoms with Gasteiger partial charge in [0, 0.05) is 11.5 Å². The van der Waals surface area contributed by atoms with Gasteiger partial charge in [0.2, 0.25) is 0 Å². The molecule has 1 saturated heterocycles. The van der Waals surface area contributed by atoms with Gasteiger partial charge < -0.3 is 10.1 Å². The normalized spacial score (nSPS) is 32.3. The highest BCUT2D eigenvalue weighted by Crippen LogP contribution is 2.22. The molecule has 0 saturated carbocycles. The summed E-state index contributed by atoms with van der Waals surface area (Å²) in [5.41, 5.74) is 7.51. The molecule has 6 heteroatoms. The maximum atomic E-state index is 11.3. The van der Waals surface area contributed by atoms with Crippen molar-refractivity contribution in [2.45, 2.75) is 24.9 Å². The van der Waals surface area contributed by atoms with Gasteiger partial charge in [-0.05, 0) is 18.9 Å². The van der Waals surface area contributed by atoms with Gasteiger partial charge in [-0.2, -0.15) is 0 Å². The van der Waals surface area contributed by atoms with Crippen LogP contribution in [0.15, 0.2) is 5.11 Å². The predicted octanol–water partition coefficient (Wildman–Crippen LogP) is 0.590. The van der Waals surface area contributed by atoms with Gasteiger partial charge in [-0.15, -0.1) is 0 Å². The fraction of sp³-hybridized carbons (Fsp3) is 0.857. The van der Waals surface area contributed by atoms with Crippen molar-refractivity contribution >= 4 is 5.97 Å². The van der Waals surface area contributed by atoms with Gasteiger partial charge in [0.15, 0.2) is 0 Å². The number of hydrogen-bond acceptors (Lipinski definition) is 4. The summed E-state index contributed by atoms with van der Waals surface area (Å²) >= 11 is 0. The van der Waals surface area contributed by atoms with Crippen molar-refractivity contribution in [2.75, 3.05) is 13.7 Å². The van der Waals surface area contributed by atoms with E-state index < -0.39 is 5.54 Å².